The van der Waals surface area contributed by atoms with Crippen LogP contribution in [0.2, 0.25) is 0 Å². The summed E-state index contributed by atoms with van der Waals surface area (Å²) in [6, 6.07) is 12.8. The van der Waals surface area contributed by atoms with Crippen LogP contribution < -0.4 is 9.46 Å². The summed E-state index contributed by atoms with van der Waals surface area (Å²) in [4.78, 5) is 4.21. The number of ether oxygens (including phenoxy) is 1. The summed E-state index contributed by atoms with van der Waals surface area (Å²) in [6.07, 6.45) is 8.07. The van der Waals surface area contributed by atoms with Crippen molar-refractivity contribution in [3.63, 3.8) is 0 Å². The zero-order valence-electron chi connectivity index (χ0n) is 16.3. The molecule has 0 saturated heterocycles. The lowest BCUT2D eigenvalue weighted by molar-refractivity contribution is 0.402. The van der Waals surface area contributed by atoms with Crippen molar-refractivity contribution in [3.05, 3.63) is 60.6 Å². The second-order valence-electron chi connectivity index (χ2n) is 7.12. The lowest BCUT2D eigenvalue weighted by atomic mass is 10.1. The first kappa shape index (κ1) is 19.6. The molecular formula is C21H24N4O3S. The SMILES string of the molecule is COc1ccccc1S(=O)(=O)NCc1cc(-c2ccncc2)n(C2CCCC2)n1. The van der Waals surface area contributed by atoms with Crippen LogP contribution in [-0.2, 0) is 16.6 Å². The minimum Gasteiger partial charge on any atom is -0.495 e. The van der Waals surface area contributed by atoms with Crippen molar-refractivity contribution in [3.8, 4) is 17.0 Å². The molecule has 8 heteroatoms. The fourth-order valence-electron chi connectivity index (χ4n) is 3.78. The number of pyridine rings is 1. The van der Waals surface area contributed by atoms with Gasteiger partial charge in [0.2, 0.25) is 10.0 Å². The van der Waals surface area contributed by atoms with Gasteiger partial charge in [0.25, 0.3) is 0 Å². The van der Waals surface area contributed by atoms with Crippen LogP contribution in [0.1, 0.15) is 37.4 Å². The second-order valence-corrected chi connectivity index (χ2v) is 8.85. The van der Waals surface area contributed by atoms with E-state index in [4.69, 9.17) is 9.84 Å². The number of hydrogen-bond donors (Lipinski definition) is 1. The molecule has 4 rings (SSSR count). The summed E-state index contributed by atoms with van der Waals surface area (Å²) in [5.74, 6) is 0.314. The molecule has 1 aliphatic rings. The number of nitrogens with zero attached hydrogens (tertiary/aromatic N) is 3. The van der Waals surface area contributed by atoms with Gasteiger partial charge in [0.05, 0.1) is 31.1 Å². The average molecular weight is 413 g/mol. The van der Waals surface area contributed by atoms with Crippen LogP contribution in [0, 0.1) is 0 Å². The molecule has 29 heavy (non-hydrogen) atoms. The summed E-state index contributed by atoms with van der Waals surface area (Å²) in [6.45, 7) is 0.109. The molecular weight excluding hydrogens is 388 g/mol. The van der Waals surface area contributed by atoms with Crippen LogP contribution in [0.4, 0.5) is 0 Å². The first-order valence-corrected chi connectivity index (χ1v) is 11.2. The maximum Gasteiger partial charge on any atom is 0.244 e. The number of para-hydroxylation sites is 1. The normalized spacial score (nSPS) is 14.9. The predicted octanol–water partition coefficient (Wildman–Crippen LogP) is 3.55. The van der Waals surface area contributed by atoms with E-state index in [1.807, 2.05) is 18.2 Å². The fraction of sp³-hybridized carbons (Fsp3) is 0.333. The zero-order valence-corrected chi connectivity index (χ0v) is 17.1. The third kappa shape index (κ3) is 4.18. The number of methoxy groups -OCH3 is 1. The average Bonchev–Trinajstić information content (AvgIpc) is 3.43. The molecule has 7 nitrogen and oxygen atoms in total. The molecule has 2 aromatic heterocycles. The van der Waals surface area contributed by atoms with E-state index in [1.54, 1.807) is 30.6 Å². The number of aromatic nitrogens is 3. The Kier molecular flexibility index (Phi) is 5.64. The van der Waals surface area contributed by atoms with Crippen molar-refractivity contribution in [2.45, 2.75) is 43.2 Å². The minimum atomic E-state index is -3.72. The Labute approximate surface area is 170 Å². The van der Waals surface area contributed by atoms with E-state index >= 15 is 0 Å². The molecule has 2 heterocycles. The molecule has 152 valence electrons. The van der Waals surface area contributed by atoms with Gasteiger partial charge in [-0.25, -0.2) is 13.1 Å². The maximum atomic E-state index is 12.8. The first-order chi connectivity index (χ1) is 14.1. The van der Waals surface area contributed by atoms with Crippen LogP contribution in [0.5, 0.6) is 5.75 Å². The topological polar surface area (TPSA) is 86.1 Å². The van der Waals surface area contributed by atoms with Gasteiger partial charge in [-0.15, -0.1) is 0 Å². The molecule has 3 aromatic rings. The Balaban J connectivity index is 1.61. The van der Waals surface area contributed by atoms with Gasteiger partial charge in [-0.05, 0) is 43.2 Å². The molecule has 0 bridgehead atoms. The number of benzene rings is 1. The van der Waals surface area contributed by atoms with E-state index in [1.165, 1.54) is 26.0 Å². The minimum absolute atomic E-state index is 0.109. The second kappa shape index (κ2) is 8.34. The Morgan fingerprint density at radius 2 is 1.86 bits per heavy atom. The highest BCUT2D eigenvalue weighted by Gasteiger charge is 2.23. The maximum absolute atomic E-state index is 12.8. The summed E-state index contributed by atoms with van der Waals surface area (Å²) < 4.78 is 35.4. The zero-order chi connectivity index (χ0) is 20.3. The lowest BCUT2D eigenvalue weighted by Crippen LogP contribution is -2.24. The molecule has 0 atom stereocenters. The number of nitrogens with one attached hydrogen (secondary N) is 1. The van der Waals surface area contributed by atoms with Crippen molar-refractivity contribution in [1.29, 1.82) is 0 Å². The predicted molar refractivity (Wildman–Crippen MR) is 110 cm³/mol. The smallest absolute Gasteiger partial charge is 0.244 e. The van der Waals surface area contributed by atoms with Crippen molar-refractivity contribution in [2.24, 2.45) is 0 Å². The molecule has 0 unspecified atom stereocenters. The summed E-state index contributed by atoms with van der Waals surface area (Å²) in [7, 11) is -2.27. The third-order valence-electron chi connectivity index (χ3n) is 5.23. The molecule has 0 aliphatic heterocycles. The van der Waals surface area contributed by atoms with Gasteiger partial charge < -0.3 is 4.74 Å². The van der Waals surface area contributed by atoms with E-state index in [-0.39, 0.29) is 11.4 Å². The van der Waals surface area contributed by atoms with E-state index in [2.05, 4.69) is 14.4 Å². The largest absolute Gasteiger partial charge is 0.495 e. The van der Waals surface area contributed by atoms with Crippen LogP contribution in [0.25, 0.3) is 11.3 Å². The van der Waals surface area contributed by atoms with Gasteiger partial charge in [0.15, 0.2) is 0 Å². The van der Waals surface area contributed by atoms with Crippen molar-refractivity contribution < 1.29 is 13.2 Å². The van der Waals surface area contributed by atoms with E-state index < -0.39 is 10.0 Å². The van der Waals surface area contributed by atoms with Gasteiger partial charge >= 0.3 is 0 Å². The highest BCUT2D eigenvalue weighted by Crippen LogP contribution is 2.33. The van der Waals surface area contributed by atoms with E-state index in [0.717, 1.165) is 24.1 Å². The quantitative estimate of drug-likeness (QED) is 0.641. The van der Waals surface area contributed by atoms with Gasteiger partial charge in [-0.1, -0.05) is 25.0 Å². The molecule has 1 saturated carbocycles. The third-order valence-corrected chi connectivity index (χ3v) is 6.68. The highest BCUT2D eigenvalue weighted by atomic mass is 32.2. The Morgan fingerprint density at radius 1 is 1.14 bits per heavy atom. The summed E-state index contributed by atoms with van der Waals surface area (Å²) in [5, 5.41) is 4.75. The molecule has 1 aromatic carbocycles. The van der Waals surface area contributed by atoms with Gasteiger partial charge in [-0.2, -0.15) is 5.10 Å². The monoisotopic (exact) mass is 412 g/mol. The number of hydrogen-bond acceptors (Lipinski definition) is 5. The lowest BCUT2D eigenvalue weighted by Gasteiger charge is -2.14. The van der Waals surface area contributed by atoms with Crippen molar-refractivity contribution in [2.75, 3.05) is 7.11 Å². The van der Waals surface area contributed by atoms with E-state index in [9.17, 15) is 8.42 Å². The van der Waals surface area contributed by atoms with Crippen LogP contribution >= 0.6 is 0 Å². The Bertz CT molecular complexity index is 1070. The Morgan fingerprint density at radius 3 is 2.59 bits per heavy atom. The molecule has 0 amide bonds. The molecule has 1 N–H and O–H groups in total. The van der Waals surface area contributed by atoms with Gasteiger partial charge in [0.1, 0.15) is 10.6 Å². The number of rotatable bonds is 7. The first-order valence-electron chi connectivity index (χ1n) is 9.70. The van der Waals surface area contributed by atoms with Crippen LogP contribution in [0.3, 0.4) is 0 Å². The number of sulfonamides is 1. The van der Waals surface area contributed by atoms with Crippen molar-refractivity contribution >= 4 is 10.0 Å². The summed E-state index contributed by atoms with van der Waals surface area (Å²) in [5.41, 5.74) is 2.70. The van der Waals surface area contributed by atoms with Gasteiger partial charge in [0, 0.05) is 18.0 Å². The molecule has 0 spiro atoms. The van der Waals surface area contributed by atoms with E-state index in [0.29, 0.717) is 17.5 Å². The molecule has 1 fully saturated rings. The standard InChI is InChI=1S/C21H24N4O3S/c1-28-20-8-4-5-9-21(20)29(26,27)23-15-17-14-19(16-10-12-22-13-11-16)25(24-17)18-6-2-3-7-18/h4-5,8-14,18,23H,2-3,6-7,15H2,1H3. The van der Waals surface area contributed by atoms with Crippen LogP contribution in [-0.4, -0.2) is 30.3 Å². The van der Waals surface area contributed by atoms with Crippen molar-refractivity contribution in [1.82, 2.24) is 19.5 Å². The van der Waals surface area contributed by atoms with Gasteiger partial charge in [-0.3, -0.25) is 9.67 Å². The van der Waals surface area contributed by atoms with Crippen LogP contribution in [0.15, 0.2) is 59.8 Å². The summed E-state index contributed by atoms with van der Waals surface area (Å²) >= 11 is 0. The fourth-order valence-corrected chi connectivity index (χ4v) is 4.95. The Hall–Kier alpha value is -2.71. The highest BCUT2D eigenvalue weighted by molar-refractivity contribution is 7.89. The molecule has 1 aliphatic carbocycles. The molecule has 0 radical (unpaired) electrons.